The topological polar surface area (TPSA) is 73.8 Å². The first-order chi connectivity index (χ1) is 14.8. The van der Waals surface area contributed by atoms with Crippen molar-refractivity contribution in [1.82, 2.24) is 9.58 Å². The van der Waals surface area contributed by atoms with Crippen molar-refractivity contribution in [3.05, 3.63) is 57.6 Å². The quantitative estimate of drug-likeness (QED) is 0.585. The zero-order chi connectivity index (χ0) is 22.3. The minimum atomic E-state index is -0.479. The first-order valence-corrected chi connectivity index (χ1v) is 11.1. The molecule has 2 aliphatic rings. The molecule has 0 aliphatic carbocycles. The number of benzene rings is 1. The van der Waals surface area contributed by atoms with Gasteiger partial charge in [0.2, 0.25) is 5.17 Å². The molecule has 0 fully saturated rings. The Labute approximate surface area is 189 Å². The molecule has 1 amide bonds. The monoisotopic (exact) mass is 457 g/mol. The Hall–Kier alpha value is -2.71. The van der Waals surface area contributed by atoms with Crippen molar-refractivity contribution in [3.63, 3.8) is 0 Å². The van der Waals surface area contributed by atoms with Gasteiger partial charge in [0.1, 0.15) is 10.9 Å². The Bertz CT molecular complexity index is 1200. The summed E-state index contributed by atoms with van der Waals surface area (Å²) in [6, 6.07) is 6.45. The van der Waals surface area contributed by atoms with Gasteiger partial charge in [-0.15, -0.1) is 0 Å². The van der Waals surface area contributed by atoms with E-state index in [4.69, 9.17) is 17.0 Å². The molecule has 6 nitrogen and oxygen atoms in total. The average molecular weight is 458 g/mol. The van der Waals surface area contributed by atoms with Crippen LogP contribution in [-0.2, 0) is 4.79 Å². The maximum absolute atomic E-state index is 13.6. The van der Waals surface area contributed by atoms with Gasteiger partial charge in [0.25, 0.3) is 5.91 Å². The lowest BCUT2D eigenvalue weighted by atomic mass is 10.1. The molecule has 1 aromatic heterocycles. The van der Waals surface area contributed by atoms with E-state index in [0.29, 0.717) is 5.17 Å². The number of carbonyl (C=O) groups excluding carboxylic acids is 1. The molecule has 2 aliphatic heterocycles. The van der Waals surface area contributed by atoms with Gasteiger partial charge >= 0.3 is 0 Å². The van der Waals surface area contributed by atoms with Gasteiger partial charge in [-0.05, 0) is 74.4 Å². The summed E-state index contributed by atoms with van der Waals surface area (Å²) in [7, 11) is 0. The van der Waals surface area contributed by atoms with Crippen LogP contribution in [0.15, 0.2) is 39.9 Å². The van der Waals surface area contributed by atoms with Gasteiger partial charge in [0.05, 0.1) is 10.6 Å². The van der Waals surface area contributed by atoms with Crippen molar-refractivity contribution in [2.45, 2.75) is 40.0 Å². The maximum atomic E-state index is 13.6. The predicted molar refractivity (Wildman–Crippen MR) is 125 cm³/mol. The van der Waals surface area contributed by atoms with Crippen LogP contribution < -0.4 is 0 Å². The number of hydrogen-bond acceptors (Lipinski definition) is 4. The fourth-order valence-corrected chi connectivity index (χ4v) is 4.67. The van der Waals surface area contributed by atoms with Crippen LogP contribution in [0.2, 0.25) is 5.02 Å². The number of hydrazone groups is 1. The standard InChI is InChI=1S/C22H21ClFN5OS/c1-4-5-6-19-27-29-20(25)16(21(30)26-22(29)31-19)10-14-9-12(2)28(13(14)3)15-7-8-18(24)17(23)11-15/h7-11,25H,4-6H2,1-3H3/b16-10+,25-20?. The van der Waals surface area contributed by atoms with E-state index in [0.717, 1.165) is 46.9 Å². The van der Waals surface area contributed by atoms with Crippen LogP contribution in [0.1, 0.15) is 43.1 Å². The number of unbranched alkanes of at least 4 members (excludes halogenated alkanes) is 1. The van der Waals surface area contributed by atoms with E-state index in [1.54, 1.807) is 18.2 Å². The number of thioether (sulfide) groups is 1. The normalized spacial score (nSPS) is 17.3. The highest BCUT2D eigenvalue weighted by atomic mass is 35.5. The summed E-state index contributed by atoms with van der Waals surface area (Å²) < 4.78 is 15.5. The van der Waals surface area contributed by atoms with Crippen molar-refractivity contribution in [1.29, 1.82) is 5.41 Å². The maximum Gasteiger partial charge on any atom is 0.283 e. The molecule has 0 saturated heterocycles. The molecule has 1 aromatic carbocycles. The van der Waals surface area contributed by atoms with Crippen LogP contribution in [0.25, 0.3) is 11.8 Å². The van der Waals surface area contributed by atoms with E-state index in [1.807, 2.05) is 24.5 Å². The average Bonchev–Trinajstić information content (AvgIpc) is 3.26. The minimum absolute atomic E-state index is 0.0172. The number of hydrogen-bond donors (Lipinski definition) is 1. The highest BCUT2D eigenvalue weighted by molar-refractivity contribution is 8.26. The van der Waals surface area contributed by atoms with Gasteiger partial charge in [0.15, 0.2) is 5.84 Å². The first-order valence-electron chi connectivity index (χ1n) is 9.93. The number of aryl methyl sites for hydroxylation is 1. The van der Waals surface area contributed by atoms with Gasteiger partial charge < -0.3 is 4.57 Å². The minimum Gasteiger partial charge on any atom is -0.318 e. The summed E-state index contributed by atoms with van der Waals surface area (Å²) in [6.45, 7) is 5.92. The molecule has 1 N–H and O–H groups in total. The first kappa shape index (κ1) is 21.5. The highest BCUT2D eigenvalue weighted by Gasteiger charge is 2.35. The van der Waals surface area contributed by atoms with Gasteiger partial charge in [-0.1, -0.05) is 24.9 Å². The molecular formula is C22H21ClFN5OS. The SMILES string of the molecule is CCCCC1=NN2C(=N)/C(=C\c3cc(C)n(-c4ccc(F)c(Cl)c4)c3C)C(=O)N=C2S1. The molecule has 0 saturated carbocycles. The summed E-state index contributed by atoms with van der Waals surface area (Å²) >= 11 is 7.31. The molecule has 160 valence electrons. The Balaban J connectivity index is 1.69. The van der Waals surface area contributed by atoms with Gasteiger partial charge in [-0.2, -0.15) is 15.1 Å². The largest absolute Gasteiger partial charge is 0.318 e. The highest BCUT2D eigenvalue weighted by Crippen LogP contribution is 2.31. The lowest BCUT2D eigenvalue weighted by molar-refractivity contribution is -0.114. The molecule has 0 atom stereocenters. The van der Waals surface area contributed by atoms with Crippen LogP contribution in [-0.4, -0.2) is 31.5 Å². The number of fused-ring (bicyclic) bond motifs is 1. The number of nitrogens with one attached hydrogen (secondary N) is 1. The zero-order valence-corrected chi connectivity index (χ0v) is 18.9. The molecule has 0 radical (unpaired) electrons. The number of halogens is 2. The molecule has 0 unspecified atom stereocenters. The fourth-order valence-electron chi connectivity index (χ4n) is 3.57. The summed E-state index contributed by atoms with van der Waals surface area (Å²) in [6.07, 6.45) is 4.51. The Kier molecular flexibility index (Phi) is 5.85. The van der Waals surface area contributed by atoms with Crippen molar-refractivity contribution in [2.75, 3.05) is 0 Å². The number of rotatable bonds is 5. The van der Waals surface area contributed by atoms with Crippen molar-refractivity contribution in [2.24, 2.45) is 10.1 Å². The molecule has 31 heavy (non-hydrogen) atoms. The third kappa shape index (κ3) is 3.97. The molecule has 0 spiro atoms. The van der Waals surface area contributed by atoms with E-state index in [2.05, 4.69) is 17.0 Å². The van der Waals surface area contributed by atoms with E-state index in [1.165, 1.54) is 22.8 Å². The third-order valence-electron chi connectivity index (χ3n) is 5.17. The number of amidine groups is 2. The van der Waals surface area contributed by atoms with Crippen LogP contribution in [0.3, 0.4) is 0 Å². The fraction of sp³-hybridized carbons (Fsp3) is 0.273. The van der Waals surface area contributed by atoms with Crippen LogP contribution in [0, 0.1) is 25.1 Å². The lowest BCUT2D eigenvalue weighted by Gasteiger charge is -2.20. The van der Waals surface area contributed by atoms with E-state index in [9.17, 15) is 9.18 Å². The molecule has 9 heteroatoms. The third-order valence-corrected chi connectivity index (χ3v) is 6.43. The summed E-state index contributed by atoms with van der Waals surface area (Å²) in [5.41, 5.74) is 3.40. The predicted octanol–water partition coefficient (Wildman–Crippen LogP) is 5.70. The molecule has 2 aromatic rings. The number of aliphatic imine (C=N–C) groups is 1. The lowest BCUT2D eigenvalue weighted by Crippen LogP contribution is -2.35. The molecular weight excluding hydrogens is 437 g/mol. The van der Waals surface area contributed by atoms with Crippen molar-refractivity contribution in [3.8, 4) is 5.69 Å². The zero-order valence-electron chi connectivity index (χ0n) is 17.4. The Morgan fingerprint density at radius 1 is 1.29 bits per heavy atom. The van der Waals surface area contributed by atoms with Crippen LogP contribution in [0.4, 0.5) is 4.39 Å². The number of nitrogens with zero attached hydrogens (tertiary/aromatic N) is 4. The molecule has 0 bridgehead atoms. The smallest absolute Gasteiger partial charge is 0.283 e. The van der Waals surface area contributed by atoms with Gasteiger partial charge in [0, 0.05) is 17.1 Å². The number of aromatic nitrogens is 1. The second-order valence-corrected chi connectivity index (χ2v) is 8.83. The number of carbonyl (C=O) groups is 1. The second kappa shape index (κ2) is 8.43. The van der Waals surface area contributed by atoms with E-state index >= 15 is 0 Å². The van der Waals surface area contributed by atoms with E-state index in [-0.39, 0.29) is 16.4 Å². The Morgan fingerprint density at radius 3 is 2.77 bits per heavy atom. The van der Waals surface area contributed by atoms with Crippen LogP contribution in [0.5, 0.6) is 0 Å². The summed E-state index contributed by atoms with van der Waals surface area (Å²) in [5.74, 6) is -0.915. The van der Waals surface area contributed by atoms with E-state index < -0.39 is 11.7 Å². The van der Waals surface area contributed by atoms with Gasteiger partial charge in [-0.3, -0.25) is 10.2 Å². The summed E-state index contributed by atoms with van der Waals surface area (Å²) in [5, 5.41) is 15.8. The van der Waals surface area contributed by atoms with Crippen LogP contribution >= 0.6 is 23.4 Å². The number of amides is 1. The second-order valence-electron chi connectivity index (χ2n) is 7.38. The van der Waals surface area contributed by atoms with Crippen molar-refractivity contribution < 1.29 is 9.18 Å². The summed E-state index contributed by atoms with van der Waals surface area (Å²) in [4.78, 5) is 16.8. The molecule has 4 rings (SSSR count). The Morgan fingerprint density at radius 2 is 2.06 bits per heavy atom. The van der Waals surface area contributed by atoms with Gasteiger partial charge in [-0.25, -0.2) is 4.39 Å². The molecule has 3 heterocycles. The van der Waals surface area contributed by atoms with Crippen molar-refractivity contribution >= 4 is 51.4 Å².